The van der Waals surface area contributed by atoms with Gasteiger partial charge in [0.2, 0.25) is 0 Å². The summed E-state index contributed by atoms with van der Waals surface area (Å²) in [5.74, 6) is 0. The minimum Gasteiger partial charge on any atom is -0.262 e. The summed E-state index contributed by atoms with van der Waals surface area (Å²) in [4.78, 5) is 8.98. The number of carbonyl (C=O) groups excluding carboxylic acids is 1. The van der Waals surface area contributed by atoms with Crippen molar-refractivity contribution in [2.45, 2.75) is 0 Å². The Kier molecular flexibility index (Phi) is 13.6. The zero-order valence-electron chi connectivity index (χ0n) is 2.82. The minimum absolute atomic E-state index is 0.889. The van der Waals surface area contributed by atoms with Gasteiger partial charge in [0.25, 0.3) is 0 Å². The minimum atomic E-state index is -0.889. The molecule has 0 heterocycles. The summed E-state index contributed by atoms with van der Waals surface area (Å²) in [5, 5.41) is 0. The molecule has 0 saturated carbocycles. The van der Waals surface area contributed by atoms with Crippen LogP contribution in [0.4, 0.5) is 4.79 Å². The molecule has 0 aliphatic rings. The second kappa shape index (κ2) is 8.84. The van der Waals surface area contributed by atoms with E-state index in [1.165, 1.54) is 0 Å². The molecular formula is C3H2Cl2O. The third kappa shape index (κ3) is 833. The van der Waals surface area contributed by atoms with Gasteiger partial charge >= 0.3 is 4.70 Å². The zero-order valence-corrected chi connectivity index (χ0v) is 4.33. The first-order valence-corrected chi connectivity index (χ1v) is 1.67. The Morgan fingerprint density at radius 1 is 1.33 bits per heavy atom. The van der Waals surface area contributed by atoms with Crippen molar-refractivity contribution in [2.75, 3.05) is 0 Å². The number of hydrogen-bond acceptors (Lipinski definition) is 1. The molecule has 0 amide bonds. The second-order valence-electron chi connectivity index (χ2n) is 0.226. The highest BCUT2D eigenvalue weighted by Gasteiger charge is 1.72. The van der Waals surface area contributed by atoms with E-state index in [1.807, 2.05) is 0 Å². The first-order chi connectivity index (χ1) is 2.73. The van der Waals surface area contributed by atoms with Crippen LogP contribution in [0.1, 0.15) is 0 Å². The number of carbonyl (C=O) groups is 1. The Morgan fingerprint density at radius 2 is 1.33 bits per heavy atom. The van der Waals surface area contributed by atoms with Crippen LogP contribution in [0.5, 0.6) is 0 Å². The van der Waals surface area contributed by atoms with Crippen LogP contribution in [0.2, 0.25) is 0 Å². The summed E-state index contributed by atoms with van der Waals surface area (Å²) in [6.45, 7) is 0. The lowest BCUT2D eigenvalue weighted by atomic mass is 11.4. The molecule has 1 nitrogen and oxygen atoms in total. The molecule has 0 atom stereocenters. The van der Waals surface area contributed by atoms with Gasteiger partial charge in [0.15, 0.2) is 0 Å². The topological polar surface area (TPSA) is 17.1 Å². The van der Waals surface area contributed by atoms with Gasteiger partial charge in [0.05, 0.1) is 0 Å². The predicted molar refractivity (Wildman–Crippen MR) is 27.0 cm³/mol. The summed E-state index contributed by atoms with van der Waals surface area (Å²) in [5.41, 5.74) is 0. The summed E-state index contributed by atoms with van der Waals surface area (Å²) in [7, 11) is 0. The van der Waals surface area contributed by atoms with E-state index < -0.39 is 4.70 Å². The number of rotatable bonds is 0. The van der Waals surface area contributed by atoms with Crippen LogP contribution in [0, 0.1) is 12.8 Å². The Balaban J connectivity index is 0. The third-order valence-corrected chi connectivity index (χ3v) is 0. The van der Waals surface area contributed by atoms with E-state index in [4.69, 9.17) is 4.79 Å². The Hall–Kier alpha value is -0.190. The molecule has 0 saturated heterocycles. The average molecular weight is 125 g/mol. The molecule has 6 heavy (non-hydrogen) atoms. The molecule has 0 aromatic carbocycles. The van der Waals surface area contributed by atoms with Crippen molar-refractivity contribution in [1.82, 2.24) is 0 Å². The van der Waals surface area contributed by atoms with Crippen molar-refractivity contribution >= 4 is 27.9 Å². The smallest absolute Gasteiger partial charge is 0.262 e. The zero-order chi connectivity index (χ0) is 5.58. The van der Waals surface area contributed by atoms with Gasteiger partial charge in [-0.15, -0.1) is 12.8 Å². The standard InChI is InChI=1S/C2H2.CCl2O/c1-2;2-1(3)4/h1-2H;. The molecule has 0 bridgehead atoms. The molecule has 0 aromatic rings. The fraction of sp³-hybridized carbons (Fsp3) is 0. The van der Waals surface area contributed by atoms with Crippen LogP contribution in [-0.4, -0.2) is 4.70 Å². The maximum Gasteiger partial charge on any atom is 0.313 e. The molecule has 0 rings (SSSR count). The quantitative estimate of drug-likeness (QED) is 0.356. The highest BCUT2D eigenvalue weighted by Crippen LogP contribution is 1.84. The first kappa shape index (κ1) is 9.26. The number of terminal acetylenes is 1. The van der Waals surface area contributed by atoms with Gasteiger partial charge in [-0.05, 0) is 23.2 Å². The molecule has 0 spiro atoms. The van der Waals surface area contributed by atoms with Crippen molar-refractivity contribution in [3.63, 3.8) is 0 Å². The van der Waals surface area contributed by atoms with Gasteiger partial charge in [-0.25, -0.2) is 0 Å². The SMILES string of the molecule is C#C.O=C(Cl)Cl. The van der Waals surface area contributed by atoms with Crippen molar-refractivity contribution in [3.05, 3.63) is 0 Å². The van der Waals surface area contributed by atoms with Crippen LogP contribution < -0.4 is 0 Å². The van der Waals surface area contributed by atoms with E-state index >= 15 is 0 Å². The first-order valence-electron chi connectivity index (χ1n) is 0.915. The van der Waals surface area contributed by atoms with E-state index in [0.717, 1.165) is 0 Å². The Labute approximate surface area is 46.2 Å². The van der Waals surface area contributed by atoms with Crippen LogP contribution in [-0.2, 0) is 0 Å². The van der Waals surface area contributed by atoms with Gasteiger partial charge in [0.1, 0.15) is 0 Å². The number of halogens is 2. The highest BCUT2D eigenvalue weighted by atomic mass is 35.5. The molecule has 0 aliphatic heterocycles. The third-order valence-electron chi connectivity index (χ3n) is 0. The molecular weight excluding hydrogens is 123 g/mol. The summed E-state index contributed by atoms with van der Waals surface area (Å²) >= 11 is 8.80. The average Bonchev–Trinajstić information content (AvgIpc) is 1.41. The van der Waals surface area contributed by atoms with Crippen molar-refractivity contribution in [1.29, 1.82) is 0 Å². The molecule has 0 unspecified atom stereocenters. The normalized spacial score (nSPS) is 4.67. The van der Waals surface area contributed by atoms with Gasteiger partial charge in [-0.1, -0.05) is 0 Å². The van der Waals surface area contributed by atoms with Crippen molar-refractivity contribution < 1.29 is 4.79 Å². The maximum atomic E-state index is 8.98. The molecule has 0 N–H and O–H groups in total. The van der Waals surface area contributed by atoms with Gasteiger partial charge in [-0.3, -0.25) is 4.79 Å². The van der Waals surface area contributed by atoms with Gasteiger partial charge in [0, 0.05) is 0 Å². The van der Waals surface area contributed by atoms with Gasteiger partial charge in [-0.2, -0.15) is 0 Å². The van der Waals surface area contributed by atoms with Crippen molar-refractivity contribution in [2.24, 2.45) is 0 Å². The summed E-state index contributed by atoms with van der Waals surface area (Å²) in [6, 6.07) is 0. The lowest BCUT2D eigenvalue weighted by Gasteiger charge is -1.48. The molecule has 0 aromatic heterocycles. The van der Waals surface area contributed by atoms with Gasteiger partial charge < -0.3 is 0 Å². The number of hydrogen-bond donors (Lipinski definition) is 0. The van der Waals surface area contributed by atoms with E-state index in [0.29, 0.717) is 0 Å². The summed E-state index contributed by atoms with van der Waals surface area (Å²) < 4.78 is -0.889. The Morgan fingerprint density at radius 3 is 1.33 bits per heavy atom. The fourth-order valence-electron chi connectivity index (χ4n) is 0. The molecule has 0 aliphatic carbocycles. The highest BCUT2D eigenvalue weighted by molar-refractivity contribution is 6.93. The fourth-order valence-corrected chi connectivity index (χ4v) is 0. The van der Waals surface area contributed by atoms with E-state index in [-0.39, 0.29) is 0 Å². The molecule has 0 radical (unpaired) electrons. The Bertz CT molecular complexity index is 53.1. The predicted octanol–water partition coefficient (Wildman–Crippen LogP) is 1.83. The van der Waals surface area contributed by atoms with Crippen LogP contribution >= 0.6 is 23.2 Å². The van der Waals surface area contributed by atoms with Crippen LogP contribution in [0.15, 0.2) is 0 Å². The molecule has 34 valence electrons. The van der Waals surface area contributed by atoms with E-state index in [9.17, 15) is 0 Å². The molecule has 3 heteroatoms. The van der Waals surface area contributed by atoms with Crippen molar-refractivity contribution in [3.8, 4) is 12.8 Å². The van der Waals surface area contributed by atoms with E-state index in [2.05, 4.69) is 36.0 Å². The summed E-state index contributed by atoms with van der Waals surface area (Å²) in [6.07, 6.45) is 8.00. The lowest BCUT2D eigenvalue weighted by Crippen LogP contribution is -1.46. The second-order valence-corrected chi connectivity index (χ2v) is 1.11. The molecule has 0 fully saturated rings. The maximum absolute atomic E-state index is 8.98. The lowest BCUT2D eigenvalue weighted by molar-refractivity contribution is 0.275. The van der Waals surface area contributed by atoms with E-state index in [1.54, 1.807) is 0 Å². The monoisotopic (exact) mass is 124 g/mol. The van der Waals surface area contributed by atoms with Crippen LogP contribution in [0.25, 0.3) is 0 Å². The largest absolute Gasteiger partial charge is 0.313 e. The van der Waals surface area contributed by atoms with Crippen LogP contribution in [0.3, 0.4) is 0 Å².